The van der Waals surface area contributed by atoms with Crippen molar-refractivity contribution >= 4 is 17.3 Å². The molecule has 1 aromatic carbocycles. The highest BCUT2D eigenvalue weighted by molar-refractivity contribution is 6.30. The van der Waals surface area contributed by atoms with Crippen molar-refractivity contribution in [3.05, 3.63) is 38.9 Å². The van der Waals surface area contributed by atoms with Gasteiger partial charge in [-0.15, -0.1) is 0 Å². The highest BCUT2D eigenvalue weighted by atomic mass is 35.5. The SMILES string of the molecule is NC1(Cc2cc(Cl)ccc2[N+](=O)[O-])CCCC1. The lowest BCUT2D eigenvalue weighted by molar-refractivity contribution is -0.385. The van der Waals surface area contributed by atoms with Crippen LogP contribution in [0.5, 0.6) is 0 Å². The number of nitrogens with two attached hydrogens (primary N) is 1. The van der Waals surface area contributed by atoms with Gasteiger partial charge in [-0.2, -0.15) is 0 Å². The molecule has 92 valence electrons. The Morgan fingerprint density at radius 1 is 1.41 bits per heavy atom. The molecule has 2 N–H and O–H groups in total. The van der Waals surface area contributed by atoms with Gasteiger partial charge in [0.1, 0.15) is 0 Å². The third-order valence-corrected chi connectivity index (χ3v) is 3.62. The fraction of sp³-hybridized carbons (Fsp3) is 0.500. The largest absolute Gasteiger partial charge is 0.325 e. The predicted octanol–water partition coefficient (Wildman–Crippen LogP) is 3.06. The number of benzene rings is 1. The van der Waals surface area contributed by atoms with Crippen molar-refractivity contribution in [3.63, 3.8) is 0 Å². The standard InChI is InChI=1S/C12H15ClN2O2/c13-10-3-4-11(15(16)17)9(7-10)8-12(14)5-1-2-6-12/h3-4,7H,1-2,5-6,8,14H2. The maximum Gasteiger partial charge on any atom is 0.272 e. The van der Waals surface area contributed by atoms with E-state index >= 15 is 0 Å². The molecule has 1 aliphatic carbocycles. The van der Waals surface area contributed by atoms with Gasteiger partial charge in [0.05, 0.1) is 4.92 Å². The van der Waals surface area contributed by atoms with Crippen LogP contribution < -0.4 is 5.73 Å². The Labute approximate surface area is 105 Å². The number of nitrogens with zero attached hydrogens (tertiary/aromatic N) is 1. The van der Waals surface area contributed by atoms with Gasteiger partial charge in [0, 0.05) is 22.2 Å². The Hall–Kier alpha value is -1.13. The molecule has 0 heterocycles. The molecule has 0 aromatic heterocycles. The van der Waals surface area contributed by atoms with E-state index in [4.69, 9.17) is 17.3 Å². The summed E-state index contributed by atoms with van der Waals surface area (Å²) in [5, 5.41) is 11.5. The predicted molar refractivity (Wildman–Crippen MR) is 67.2 cm³/mol. The summed E-state index contributed by atoms with van der Waals surface area (Å²) in [6.45, 7) is 0. The Bertz CT molecular complexity index is 442. The van der Waals surface area contributed by atoms with Crippen LogP contribution >= 0.6 is 11.6 Å². The molecule has 0 amide bonds. The van der Waals surface area contributed by atoms with Gasteiger partial charge in [0.25, 0.3) is 5.69 Å². The summed E-state index contributed by atoms with van der Waals surface area (Å²) in [4.78, 5) is 10.6. The fourth-order valence-corrected chi connectivity index (χ4v) is 2.70. The van der Waals surface area contributed by atoms with Crippen LogP contribution in [0.2, 0.25) is 5.02 Å². The van der Waals surface area contributed by atoms with Crippen molar-refractivity contribution in [1.29, 1.82) is 0 Å². The first-order chi connectivity index (χ1) is 8.00. The van der Waals surface area contributed by atoms with Gasteiger partial charge in [-0.05, 0) is 31.4 Å². The Balaban J connectivity index is 2.30. The van der Waals surface area contributed by atoms with E-state index in [1.165, 1.54) is 6.07 Å². The Morgan fingerprint density at radius 2 is 2.06 bits per heavy atom. The summed E-state index contributed by atoms with van der Waals surface area (Å²) in [6.07, 6.45) is 4.59. The number of nitro benzene ring substituents is 1. The monoisotopic (exact) mass is 254 g/mol. The van der Waals surface area contributed by atoms with Crippen LogP contribution in [0, 0.1) is 10.1 Å². The van der Waals surface area contributed by atoms with Gasteiger partial charge in [0.2, 0.25) is 0 Å². The first-order valence-electron chi connectivity index (χ1n) is 5.72. The molecule has 0 atom stereocenters. The van der Waals surface area contributed by atoms with E-state index in [1.54, 1.807) is 12.1 Å². The van der Waals surface area contributed by atoms with Crippen LogP contribution in [0.15, 0.2) is 18.2 Å². The molecule has 5 heteroatoms. The van der Waals surface area contributed by atoms with Gasteiger partial charge >= 0.3 is 0 Å². The summed E-state index contributed by atoms with van der Waals surface area (Å²) in [6, 6.07) is 4.66. The Morgan fingerprint density at radius 3 is 2.65 bits per heavy atom. The van der Waals surface area contributed by atoms with E-state index < -0.39 is 0 Å². The fourth-order valence-electron chi connectivity index (χ4n) is 2.51. The number of nitro groups is 1. The van der Waals surface area contributed by atoms with E-state index in [-0.39, 0.29) is 16.1 Å². The number of hydrogen-bond donors (Lipinski definition) is 1. The summed E-state index contributed by atoms with van der Waals surface area (Å²) in [5.41, 5.74) is 6.71. The second-order valence-corrected chi connectivity index (χ2v) is 5.21. The molecule has 4 nitrogen and oxygen atoms in total. The Kier molecular flexibility index (Phi) is 3.35. The first-order valence-corrected chi connectivity index (χ1v) is 6.10. The van der Waals surface area contributed by atoms with Crippen molar-refractivity contribution < 1.29 is 4.92 Å². The molecule has 1 aromatic rings. The van der Waals surface area contributed by atoms with Gasteiger partial charge < -0.3 is 5.73 Å². The van der Waals surface area contributed by atoms with Gasteiger partial charge in [-0.1, -0.05) is 24.4 Å². The average molecular weight is 255 g/mol. The molecule has 0 aliphatic heterocycles. The van der Waals surface area contributed by atoms with Crippen LogP contribution in [-0.4, -0.2) is 10.5 Å². The molecule has 1 saturated carbocycles. The number of hydrogen-bond acceptors (Lipinski definition) is 3. The zero-order valence-electron chi connectivity index (χ0n) is 9.49. The minimum absolute atomic E-state index is 0.117. The highest BCUT2D eigenvalue weighted by Crippen LogP contribution is 2.33. The second kappa shape index (κ2) is 4.63. The zero-order valence-corrected chi connectivity index (χ0v) is 10.2. The van der Waals surface area contributed by atoms with Crippen LogP contribution in [0.25, 0.3) is 0 Å². The summed E-state index contributed by atoms with van der Waals surface area (Å²) < 4.78 is 0. The lowest BCUT2D eigenvalue weighted by atomic mass is 9.89. The summed E-state index contributed by atoms with van der Waals surface area (Å²) >= 11 is 5.89. The minimum atomic E-state index is -0.371. The molecular formula is C12H15ClN2O2. The van der Waals surface area contributed by atoms with E-state index in [0.29, 0.717) is 17.0 Å². The summed E-state index contributed by atoms with van der Waals surface area (Å²) in [5.74, 6) is 0. The van der Waals surface area contributed by atoms with Crippen LogP contribution in [-0.2, 0) is 6.42 Å². The van der Waals surface area contributed by atoms with Gasteiger partial charge in [0.15, 0.2) is 0 Å². The third-order valence-electron chi connectivity index (χ3n) is 3.38. The molecule has 1 aliphatic rings. The molecule has 2 rings (SSSR count). The minimum Gasteiger partial charge on any atom is -0.325 e. The van der Waals surface area contributed by atoms with Crippen LogP contribution in [0.3, 0.4) is 0 Å². The molecule has 0 unspecified atom stereocenters. The second-order valence-electron chi connectivity index (χ2n) is 4.78. The molecule has 0 radical (unpaired) electrons. The van der Waals surface area contributed by atoms with E-state index in [9.17, 15) is 10.1 Å². The molecule has 1 fully saturated rings. The van der Waals surface area contributed by atoms with Gasteiger partial charge in [-0.25, -0.2) is 0 Å². The molecule has 0 bridgehead atoms. The quantitative estimate of drug-likeness (QED) is 0.666. The van der Waals surface area contributed by atoms with Crippen molar-refractivity contribution in [3.8, 4) is 0 Å². The van der Waals surface area contributed by atoms with E-state index in [1.807, 2.05) is 0 Å². The highest BCUT2D eigenvalue weighted by Gasteiger charge is 2.31. The number of halogens is 1. The maximum atomic E-state index is 10.9. The van der Waals surface area contributed by atoms with Crippen LogP contribution in [0.1, 0.15) is 31.2 Å². The average Bonchev–Trinajstić information content (AvgIpc) is 2.64. The molecular weight excluding hydrogens is 240 g/mol. The van der Waals surface area contributed by atoms with Crippen molar-refractivity contribution in [1.82, 2.24) is 0 Å². The molecule has 17 heavy (non-hydrogen) atoms. The van der Waals surface area contributed by atoms with E-state index in [2.05, 4.69) is 0 Å². The summed E-state index contributed by atoms with van der Waals surface area (Å²) in [7, 11) is 0. The lowest BCUT2D eigenvalue weighted by Gasteiger charge is -2.23. The smallest absolute Gasteiger partial charge is 0.272 e. The zero-order chi connectivity index (χ0) is 12.5. The van der Waals surface area contributed by atoms with E-state index in [0.717, 1.165) is 25.7 Å². The molecule has 0 spiro atoms. The third kappa shape index (κ3) is 2.76. The number of rotatable bonds is 3. The topological polar surface area (TPSA) is 69.2 Å². The van der Waals surface area contributed by atoms with Crippen LogP contribution in [0.4, 0.5) is 5.69 Å². The van der Waals surface area contributed by atoms with Crippen molar-refractivity contribution in [2.45, 2.75) is 37.6 Å². The first kappa shape index (κ1) is 12.3. The van der Waals surface area contributed by atoms with Crippen molar-refractivity contribution in [2.24, 2.45) is 5.73 Å². The normalized spacial score (nSPS) is 18.2. The maximum absolute atomic E-state index is 10.9. The molecule has 0 saturated heterocycles. The van der Waals surface area contributed by atoms with Crippen molar-refractivity contribution in [2.75, 3.05) is 0 Å². The lowest BCUT2D eigenvalue weighted by Crippen LogP contribution is -2.38. The van der Waals surface area contributed by atoms with Gasteiger partial charge in [-0.3, -0.25) is 10.1 Å².